The van der Waals surface area contributed by atoms with E-state index >= 15 is 0 Å². The minimum absolute atomic E-state index is 0.219. The fourth-order valence-corrected chi connectivity index (χ4v) is 1.59. The molecule has 0 bridgehead atoms. The van der Waals surface area contributed by atoms with Crippen LogP contribution in [0, 0.1) is 5.82 Å². The molecule has 1 heterocycles. The van der Waals surface area contributed by atoms with Crippen molar-refractivity contribution in [1.29, 1.82) is 0 Å². The minimum Gasteiger partial charge on any atom is -0.382 e. The quantitative estimate of drug-likeness (QED) is 0.755. The number of nitrogens with one attached hydrogen (secondary N) is 2. The molecular weight excluding hydrogens is 183 g/mol. The molecule has 0 radical (unpaired) electrons. The molecule has 0 saturated heterocycles. The van der Waals surface area contributed by atoms with Gasteiger partial charge in [0.25, 0.3) is 0 Å². The second-order valence-corrected chi connectivity index (χ2v) is 3.37. The van der Waals surface area contributed by atoms with Crippen molar-refractivity contribution < 1.29 is 9.13 Å². The summed E-state index contributed by atoms with van der Waals surface area (Å²) in [6.45, 7) is 1.40. The van der Waals surface area contributed by atoms with Crippen LogP contribution in [0.2, 0.25) is 0 Å². The Morgan fingerprint density at radius 1 is 1.50 bits per heavy atom. The molecule has 4 heteroatoms. The standard InChI is InChI=1S/C10H13FN2O/c1-14-6-8-5-12-10-4-7(11)2-3-9(10)13-8/h2-4,8,12-13H,5-6H2,1H3. The summed E-state index contributed by atoms with van der Waals surface area (Å²) in [7, 11) is 1.67. The van der Waals surface area contributed by atoms with Crippen molar-refractivity contribution in [1.82, 2.24) is 0 Å². The smallest absolute Gasteiger partial charge is 0.125 e. The van der Waals surface area contributed by atoms with Gasteiger partial charge in [0.15, 0.2) is 0 Å². The third-order valence-corrected chi connectivity index (χ3v) is 2.25. The SMILES string of the molecule is COCC1CNc2cc(F)ccc2N1. The maximum absolute atomic E-state index is 12.8. The number of hydrogen-bond acceptors (Lipinski definition) is 3. The molecule has 0 aliphatic carbocycles. The summed E-state index contributed by atoms with van der Waals surface area (Å²) in [4.78, 5) is 0. The average Bonchev–Trinajstić information content (AvgIpc) is 2.19. The van der Waals surface area contributed by atoms with Crippen LogP contribution in [0.15, 0.2) is 18.2 Å². The second-order valence-electron chi connectivity index (χ2n) is 3.37. The first-order valence-electron chi connectivity index (χ1n) is 4.58. The Morgan fingerprint density at radius 3 is 3.14 bits per heavy atom. The van der Waals surface area contributed by atoms with Gasteiger partial charge < -0.3 is 15.4 Å². The van der Waals surface area contributed by atoms with Crippen LogP contribution >= 0.6 is 0 Å². The first-order chi connectivity index (χ1) is 6.79. The number of benzene rings is 1. The van der Waals surface area contributed by atoms with Crippen molar-refractivity contribution in [3.05, 3.63) is 24.0 Å². The molecule has 1 aliphatic heterocycles. The third-order valence-electron chi connectivity index (χ3n) is 2.25. The number of hydrogen-bond donors (Lipinski definition) is 2. The Hall–Kier alpha value is -1.29. The van der Waals surface area contributed by atoms with E-state index in [0.717, 1.165) is 17.9 Å². The Labute approximate surface area is 82.3 Å². The summed E-state index contributed by atoms with van der Waals surface area (Å²) < 4.78 is 17.9. The third kappa shape index (κ3) is 1.80. The van der Waals surface area contributed by atoms with E-state index in [2.05, 4.69) is 10.6 Å². The van der Waals surface area contributed by atoms with Crippen molar-refractivity contribution in [3.63, 3.8) is 0 Å². The molecule has 2 rings (SSSR count). The highest BCUT2D eigenvalue weighted by Crippen LogP contribution is 2.26. The Balaban J connectivity index is 2.15. The maximum Gasteiger partial charge on any atom is 0.125 e. The van der Waals surface area contributed by atoms with E-state index in [1.165, 1.54) is 12.1 Å². The van der Waals surface area contributed by atoms with Gasteiger partial charge in [0, 0.05) is 13.7 Å². The van der Waals surface area contributed by atoms with E-state index in [1.807, 2.05) is 0 Å². The molecule has 1 aromatic carbocycles. The average molecular weight is 196 g/mol. The Bertz CT molecular complexity index is 330. The van der Waals surface area contributed by atoms with Gasteiger partial charge in [0.1, 0.15) is 5.82 Å². The molecule has 0 fully saturated rings. The highest BCUT2D eigenvalue weighted by atomic mass is 19.1. The summed E-state index contributed by atoms with van der Waals surface area (Å²) in [6, 6.07) is 4.92. The van der Waals surface area contributed by atoms with E-state index in [0.29, 0.717) is 6.61 Å². The van der Waals surface area contributed by atoms with E-state index in [1.54, 1.807) is 13.2 Å². The van der Waals surface area contributed by atoms with Gasteiger partial charge in [0.2, 0.25) is 0 Å². The Kier molecular flexibility index (Phi) is 2.54. The molecule has 1 aromatic rings. The number of halogens is 1. The molecule has 0 aromatic heterocycles. The van der Waals surface area contributed by atoms with Crippen LogP contribution in [0.5, 0.6) is 0 Å². The van der Waals surface area contributed by atoms with Crippen LogP contribution in [-0.2, 0) is 4.74 Å². The summed E-state index contributed by atoms with van der Waals surface area (Å²) in [5, 5.41) is 6.43. The van der Waals surface area contributed by atoms with Gasteiger partial charge in [-0.2, -0.15) is 0 Å². The van der Waals surface area contributed by atoms with Crippen LogP contribution in [0.1, 0.15) is 0 Å². The summed E-state index contributed by atoms with van der Waals surface area (Å²) in [5.74, 6) is -0.219. The lowest BCUT2D eigenvalue weighted by atomic mass is 10.1. The zero-order valence-corrected chi connectivity index (χ0v) is 8.01. The predicted octanol–water partition coefficient (Wildman–Crippen LogP) is 1.68. The number of ether oxygens (including phenoxy) is 1. The second kappa shape index (κ2) is 3.84. The molecule has 3 nitrogen and oxygen atoms in total. The van der Waals surface area contributed by atoms with E-state index < -0.39 is 0 Å². The van der Waals surface area contributed by atoms with Crippen molar-refractivity contribution in [3.8, 4) is 0 Å². The van der Waals surface area contributed by atoms with Gasteiger partial charge in [-0.05, 0) is 18.2 Å². The van der Waals surface area contributed by atoms with Crippen LogP contribution in [-0.4, -0.2) is 26.3 Å². The van der Waals surface area contributed by atoms with Crippen molar-refractivity contribution in [2.45, 2.75) is 6.04 Å². The molecule has 1 unspecified atom stereocenters. The maximum atomic E-state index is 12.8. The highest BCUT2D eigenvalue weighted by molar-refractivity contribution is 5.71. The molecule has 0 spiro atoms. The lowest BCUT2D eigenvalue weighted by Crippen LogP contribution is -2.36. The highest BCUT2D eigenvalue weighted by Gasteiger charge is 2.16. The van der Waals surface area contributed by atoms with Gasteiger partial charge in [-0.25, -0.2) is 4.39 Å². The fourth-order valence-electron chi connectivity index (χ4n) is 1.59. The first-order valence-corrected chi connectivity index (χ1v) is 4.58. The van der Waals surface area contributed by atoms with E-state index in [-0.39, 0.29) is 11.9 Å². The van der Waals surface area contributed by atoms with Gasteiger partial charge in [0.05, 0.1) is 24.0 Å². The van der Waals surface area contributed by atoms with Crippen LogP contribution in [0.4, 0.5) is 15.8 Å². The molecule has 1 aliphatic rings. The van der Waals surface area contributed by atoms with E-state index in [9.17, 15) is 4.39 Å². The molecular formula is C10H13FN2O. The summed E-state index contributed by atoms with van der Waals surface area (Å²) >= 11 is 0. The van der Waals surface area contributed by atoms with Gasteiger partial charge >= 0.3 is 0 Å². The molecule has 0 saturated carbocycles. The lowest BCUT2D eigenvalue weighted by Gasteiger charge is -2.27. The van der Waals surface area contributed by atoms with Crippen molar-refractivity contribution in [2.24, 2.45) is 0 Å². The van der Waals surface area contributed by atoms with Crippen LogP contribution in [0.25, 0.3) is 0 Å². The van der Waals surface area contributed by atoms with Crippen LogP contribution in [0.3, 0.4) is 0 Å². The normalized spacial score (nSPS) is 19.4. The molecule has 2 N–H and O–H groups in total. The lowest BCUT2D eigenvalue weighted by molar-refractivity contribution is 0.188. The number of fused-ring (bicyclic) bond motifs is 1. The minimum atomic E-state index is -0.219. The number of methoxy groups -OCH3 is 1. The van der Waals surface area contributed by atoms with Gasteiger partial charge in [-0.3, -0.25) is 0 Å². The Morgan fingerprint density at radius 2 is 2.36 bits per heavy atom. The number of anilines is 2. The monoisotopic (exact) mass is 196 g/mol. The largest absolute Gasteiger partial charge is 0.382 e. The first kappa shape index (κ1) is 9.27. The molecule has 1 atom stereocenters. The van der Waals surface area contributed by atoms with Crippen molar-refractivity contribution in [2.75, 3.05) is 30.9 Å². The summed E-state index contributed by atoms with van der Waals surface area (Å²) in [5.41, 5.74) is 1.75. The zero-order valence-electron chi connectivity index (χ0n) is 8.01. The number of rotatable bonds is 2. The van der Waals surface area contributed by atoms with Gasteiger partial charge in [-0.1, -0.05) is 0 Å². The topological polar surface area (TPSA) is 33.3 Å². The van der Waals surface area contributed by atoms with Gasteiger partial charge in [-0.15, -0.1) is 0 Å². The zero-order chi connectivity index (χ0) is 9.97. The van der Waals surface area contributed by atoms with Crippen molar-refractivity contribution >= 4 is 11.4 Å². The summed E-state index contributed by atoms with van der Waals surface area (Å²) in [6.07, 6.45) is 0. The van der Waals surface area contributed by atoms with Crippen LogP contribution < -0.4 is 10.6 Å². The molecule has 76 valence electrons. The van der Waals surface area contributed by atoms with E-state index in [4.69, 9.17) is 4.74 Å². The molecule has 0 amide bonds. The molecule has 14 heavy (non-hydrogen) atoms. The predicted molar refractivity (Wildman–Crippen MR) is 54.2 cm³/mol. The fraction of sp³-hybridized carbons (Fsp3) is 0.400.